The van der Waals surface area contributed by atoms with Gasteiger partial charge in [0, 0.05) is 5.69 Å². The van der Waals surface area contributed by atoms with E-state index in [0.29, 0.717) is 0 Å². The predicted octanol–water partition coefficient (Wildman–Crippen LogP) is 0.0671. The minimum Gasteiger partial charge on any atom is -0.399 e. The number of nitrogens with two attached hydrogens (primary N) is 2. The van der Waals surface area contributed by atoms with E-state index in [0.717, 1.165) is 0 Å². The molecule has 0 bridgehead atoms. The van der Waals surface area contributed by atoms with Crippen molar-refractivity contribution < 1.29 is 16.8 Å². The highest BCUT2D eigenvalue weighted by atomic mass is 32.3. The topological polar surface area (TPSA) is 120 Å². The van der Waals surface area contributed by atoms with Gasteiger partial charge in [-0.2, -0.15) is 0 Å². The molecule has 0 saturated carbocycles. The van der Waals surface area contributed by atoms with Gasteiger partial charge >= 0.3 is 0 Å². The second kappa shape index (κ2) is 4.63. The SMILES string of the molecule is CCC(S(N)(=O)=O)S(=O)(=O)c1cccc(N)c1. The molecule has 0 saturated heterocycles. The van der Waals surface area contributed by atoms with Gasteiger partial charge in [0.15, 0.2) is 14.4 Å². The molecule has 0 aliphatic rings. The Labute approximate surface area is 101 Å². The standard InChI is InChI=1S/C9H14N2O4S2/c1-2-9(17(11,14)15)16(12,13)8-5-3-4-7(10)6-8/h3-6,9H,2,10H2,1H3,(H2,11,14,15). The summed E-state index contributed by atoms with van der Waals surface area (Å²) in [5, 5.41) is 4.91. The van der Waals surface area contributed by atoms with E-state index in [1.54, 1.807) is 0 Å². The Hall–Kier alpha value is -1.12. The molecule has 96 valence electrons. The fourth-order valence-corrected chi connectivity index (χ4v) is 4.99. The van der Waals surface area contributed by atoms with E-state index in [9.17, 15) is 16.8 Å². The number of primary sulfonamides is 1. The van der Waals surface area contributed by atoms with Crippen LogP contribution in [0.4, 0.5) is 5.69 Å². The summed E-state index contributed by atoms with van der Waals surface area (Å²) in [6.07, 6.45) is -0.115. The van der Waals surface area contributed by atoms with Crippen LogP contribution in [0.25, 0.3) is 0 Å². The lowest BCUT2D eigenvalue weighted by Gasteiger charge is -2.13. The number of sulfonamides is 1. The third-order valence-electron chi connectivity index (χ3n) is 2.23. The van der Waals surface area contributed by atoms with Crippen molar-refractivity contribution in [3.05, 3.63) is 24.3 Å². The van der Waals surface area contributed by atoms with Gasteiger partial charge in [-0.3, -0.25) is 0 Å². The Morgan fingerprint density at radius 1 is 1.24 bits per heavy atom. The van der Waals surface area contributed by atoms with Crippen molar-refractivity contribution in [3.8, 4) is 0 Å². The highest BCUT2D eigenvalue weighted by molar-refractivity contribution is 8.08. The van der Waals surface area contributed by atoms with Crippen LogP contribution in [0.2, 0.25) is 0 Å². The summed E-state index contributed by atoms with van der Waals surface area (Å²) in [6.45, 7) is 1.44. The molecule has 6 nitrogen and oxygen atoms in total. The van der Waals surface area contributed by atoms with E-state index in [1.807, 2.05) is 0 Å². The maximum atomic E-state index is 12.0. The lowest BCUT2D eigenvalue weighted by Crippen LogP contribution is -2.35. The predicted molar refractivity (Wildman–Crippen MR) is 65.2 cm³/mol. The molecule has 17 heavy (non-hydrogen) atoms. The number of anilines is 1. The van der Waals surface area contributed by atoms with Crippen LogP contribution in [-0.4, -0.2) is 21.4 Å². The second-order valence-corrected chi connectivity index (χ2v) is 7.72. The van der Waals surface area contributed by atoms with Gasteiger partial charge in [-0.1, -0.05) is 13.0 Å². The summed E-state index contributed by atoms with van der Waals surface area (Å²) < 4.78 is 44.9. The smallest absolute Gasteiger partial charge is 0.226 e. The summed E-state index contributed by atoms with van der Waals surface area (Å²) in [4.78, 5) is -0.140. The fraction of sp³-hybridized carbons (Fsp3) is 0.333. The van der Waals surface area contributed by atoms with Gasteiger partial charge in [-0.25, -0.2) is 22.0 Å². The molecule has 0 heterocycles. The van der Waals surface area contributed by atoms with E-state index in [2.05, 4.69) is 0 Å². The molecule has 1 aromatic rings. The number of hydrogen-bond donors (Lipinski definition) is 2. The summed E-state index contributed by atoms with van der Waals surface area (Å²) in [5.41, 5.74) is 5.71. The van der Waals surface area contributed by atoms with Crippen LogP contribution < -0.4 is 10.9 Å². The molecule has 1 unspecified atom stereocenters. The van der Waals surface area contributed by atoms with Gasteiger partial charge in [0.25, 0.3) is 0 Å². The monoisotopic (exact) mass is 278 g/mol. The van der Waals surface area contributed by atoms with Crippen LogP contribution >= 0.6 is 0 Å². The van der Waals surface area contributed by atoms with Crippen molar-refractivity contribution in [2.45, 2.75) is 22.8 Å². The molecule has 1 rings (SSSR count). The molecule has 0 aliphatic heterocycles. The second-order valence-electron chi connectivity index (χ2n) is 3.54. The molecule has 1 aromatic carbocycles. The first kappa shape index (κ1) is 13.9. The lowest BCUT2D eigenvalue weighted by atomic mass is 10.3. The molecule has 8 heteroatoms. The van der Waals surface area contributed by atoms with E-state index in [4.69, 9.17) is 10.9 Å². The third-order valence-corrected chi connectivity index (χ3v) is 6.80. The molecule has 4 N–H and O–H groups in total. The Morgan fingerprint density at radius 2 is 1.82 bits per heavy atom. The minimum absolute atomic E-state index is 0.115. The number of rotatable bonds is 4. The van der Waals surface area contributed by atoms with Gasteiger partial charge in [0.05, 0.1) is 4.90 Å². The van der Waals surface area contributed by atoms with E-state index < -0.39 is 24.4 Å². The number of hydrogen-bond acceptors (Lipinski definition) is 5. The third kappa shape index (κ3) is 2.96. The zero-order valence-corrected chi connectivity index (χ0v) is 10.8. The Bertz CT molecular complexity index is 608. The Morgan fingerprint density at radius 3 is 2.24 bits per heavy atom. The molecular formula is C9H14N2O4S2. The van der Waals surface area contributed by atoms with Gasteiger partial charge in [0.1, 0.15) is 0 Å². The summed E-state index contributed by atoms with van der Waals surface area (Å²) in [5.74, 6) is 0. The van der Waals surface area contributed by atoms with E-state index in [1.165, 1.54) is 31.2 Å². The molecule has 0 spiro atoms. The maximum Gasteiger partial charge on any atom is 0.226 e. The molecule has 0 aliphatic carbocycles. The first-order valence-corrected chi connectivity index (χ1v) is 7.96. The molecular weight excluding hydrogens is 264 g/mol. The van der Waals surface area contributed by atoms with Crippen LogP contribution in [0.3, 0.4) is 0 Å². The van der Waals surface area contributed by atoms with Crippen molar-refractivity contribution in [3.63, 3.8) is 0 Å². The minimum atomic E-state index is -4.16. The van der Waals surface area contributed by atoms with E-state index in [-0.39, 0.29) is 17.0 Å². The summed E-state index contributed by atoms with van der Waals surface area (Å²) in [7, 11) is -8.19. The highest BCUT2D eigenvalue weighted by Crippen LogP contribution is 2.22. The van der Waals surface area contributed by atoms with Gasteiger partial charge in [-0.15, -0.1) is 0 Å². The van der Waals surface area contributed by atoms with Crippen molar-refractivity contribution in [2.24, 2.45) is 5.14 Å². The van der Waals surface area contributed by atoms with E-state index >= 15 is 0 Å². The number of nitrogen functional groups attached to an aromatic ring is 1. The Kier molecular flexibility index (Phi) is 3.80. The van der Waals surface area contributed by atoms with Crippen molar-refractivity contribution >= 4 is 25.5 Å². The van der Waals surface area contributed by atoms with Crippen LogP contribution in [0.15, 0.2) is 29.2 Å². The summed E-state index contributed by atoms with van der Waals surface area (Å²) in [6, 6.07) is 5.46. The maximum absolute atomic E-state index is 12.0. The molecule has 0 amide bonds. The van der Waals surface area contributed by atoms with Crippen molar-refractivity contribution in [1.82, 2.24) is 0 Å². The lowest BCUT2D eigenvalue weighted by molar-refractivity contribution is 0.573. The van der Waals surface area contributed by atoms with Crippen LogP contribution in [0.5, 0.6) is 0 Å². The Balaban J connectivity index is 3.38. The molecule has 0 fully saturated rings. The van der Waals surface area contributed by atoms with Crippen LogP contribution in [-0.2, 0) is 19.9 Å². The van der Waals surface area contributed by atoms with Crippen LogP contribution in [0, 0.1) is 0 Å². The number of benzene rings is 1. The zero-order valence-electron chi connectivity index (χ0n) is 9.20. The number of sulfone groups is 1. The average Bonchev–Trinajstić information content (AvgIpc) is 2.15. The van der Waals surface area contributed by atoms with Crippen LogP contribution in [0.1, 0.15) is 13.3 Å². The van der Waals surface area contributed by atoms with Crippen molar-refractivity contribution in [2.75, 3.05) is 5.73 Å². The quantitative estimate of drug-likeness (QED) is 0.755. The average molecular weight is 278 g/mol. The normalized spacial score (nSPS) is 14.5. The zero-order chi connectivity index (χ0) is 13.3. The molecule has 1 atom stereocenters. The largest absolute Gasteiger partial charge is 0.399 e. The van der Waals surface area contributed by atoms with Gasteiger partial charge in [-0.05, 0) is 24.6 Å². The summed E-state index contributed by atoms with van der Waals surface area (Å²) >= 11 is 0. The van der Waals surface area contributed by atoms with Gasteiger partial charge in [0.2, 0.25) is 10.0 Å². The highest BCUT2D eigenvalue weighted by Gasteiger charge is 2.35. The first-order chi connectivity index (χ1) is 7.69. The molecule has 0 radical (unpaired) electrons. The first-order valence-electron chi connectivity index (χ1n) is 4.80. The fourth-order valence-electron chi connectivity index (χ4n) is 1.47. The van der Waals surface area contributed by atoms with Crippen molar-refractivity contribution in [1.29, 1.82) is 0 Å². The van der Waals surface area contributed by atoms with Gasteiger partial charge < -0.3 is 5.73 Å². The molecule has 0 aromatic heterocycles.